The number of nitrogens with zero attached hydrogens (tertiary/aromatic N) is 6. The summed E-state index contributed by atoms with van der Waals surface area (Å²) in [6, 6.07) is 86.0. The lowest BCUT2D eigenvalue weighted by molar-refractivity contribution is 0.724. The summed E-state index contributed by atoms with van der Waals surface area (Å²) >= 11 is 3.71. The van der Waals surface area contributed by atoms with Crippen molar-refractivity contribution in [3.8, 4) is 0 Å². The van der Waals surface area contributed by atoms with E-state index in [4.69, 9.17) is 15.0 Å². The van der Waals surface area contributed by atoms with Crippen LogP contribution in [0.2, 0.25) is 0 Å². The third-order valence-corrected chi connectivity index (χ3v) is 20.4. The normalized spacial score (nSPS) is 15.2. The van der Waals surface area contributed by atoms with Gasteiger partial charge in [-0.25, -0.2) is 0 Å². The van der Waals surface area contributed by atoms with Gasteiger partial charge in [0.05, 0.1) is 45.0 Å². The Kier molecular flexibility index (Phi) is 10.2. The fourth-order valence-corrected chi connectivity index (χ4v) is 17.0. The minimum atomic E-state index is -0.773. The van der Waals surface area contributed by atoms with Crippen LogP contribution in [0.1, 0.15) is 44.5 Å². The van der Waals surface area contributed by atoms with E-state index >= 15 is 0 Å². The molecule has 0 N–H and O–H groups in total. The summed E-state index contributed by atoms with van der Waals surface area (Å²) in [5.74, 6) is 0. The summed E-state index contributed by atoms with van der Waals surface area (Å²) in [4.78, 5) is 24.3. The van der Waals surface area contributed by atoms with Gasteiger partial charge in [0.1, 0.15) is 0 Å². The van der Waals surface area contributed by atoms with Crippen LogP contribution in [0.4, 0.5) is 34.1 Å². The topological polar surface area (TPSA) is 58.0 Å². The Morgan fingerprint density at radius 3 is 1.07 bits per heavy atom. The molecule has 0 spiro atoms. The zero-order chi connectivity index (χ0) is 55.1. The van der Waals surface area contributed by atoms with E-state index < -0.39 is 10.8 Å². The Bertz CT molecular complexity index is 4940. The molecule has 0 aliphatic carbocycles. The number of hydrogen-bond donors (Lipinski definition) is 0. The lowest BCUT2D eigenvalue weighted by Crippen LogP contribution is -2.38. The lowest BCUT2D eigenvalue weighted by Gasteiger charge is -2.46. The predicted octanol–water partition coefficient (Wildman–Crippen LogP) is 19.8. The molecule has 6 aromatic heterocycles. The van der Waals surface area contributed by atoms with Crippen LogP contribution in [0.25, 0.3) is 72.7 Å². The molecule has 10 aromatic carbocycles. The van der Waals surface area contributed by atoms with Crippen LogP contribution in [-0.2, 0) is 10.8 Å². The molecule has 84 heavy (non-hydrogen) atoms. The Labute approximate surface area is 491 Å². The highest BCUT2D eigenvalue weighted by atomic mass is 32.1. The van der Waals surface area contributed by atoms with Gasteiger partial charge in [-0.2, -0.15) is 0 Å². The summed E-state index contributed by atoms with van der Waals surface area (Å²) in [5.41, 5.74) is 14.2. The average Bonchev–Trinajstić information content (AvgIpc) is 1.56. The van der Waals surface area contributed by atoms with Gasteiger partial charge in [0.2, 0.25) is 0 Å². The summed E-state index contributed by atoms with van der Waals surface area (Å²) < 4.78 is 5.00. The van der Waals surface area contributed by atoms with E-state index in [1.165, 1.54) is 78.6 Å². The minimum absolute atomic E-state index is 0.751. The van der Waals surface area contributed by atoms with Gasteiger partial charge in [-0.15, -0.1) is 22.7 Å². The average molecular weight is 1110 g/mol. The number of fused-ring (bicyclic) bond motifs is 15. The molecule has 8 heteroatoms. The molecular formula is C76H46N6S2. The van der Waals surface area contributed by atoms with Gasteiger partial charge in [0.15, 0.2) is 0 Å². The fourth-order valence-electron chi connectivity index (χ4n) is 14.7. The van der Waals surface area contributed by atoms with Gasteiger partial charge < -0.3 is 9.80 Å². The standard InChI is InChI=1S/C76H46N6S2/c1-3-21-53-51(19-1)58-41-68(82-66-28-10-8-26-62(66)76(49-17-14-34-79-45-49,50-18-15-35-80-46-50)64-39-60-56-24-6-12-30-72(56)84-74(60)43-70(64)82)54-22-4-2-20-52(54)57(58)40-67(53)81-65-27-9-7-25-61(65)75(47-31-36-77-37-32-47,48-16-13-33-78-44-48)63-38-59-55-23-5-11-29-71(55)83-73(59)42-69(63)81/h1-46H. The lowest BCUT2D eigenvalue weighted by atomic mass is 9.62. The monoisotopic (exact) mass is 1110 g/mol. The maximum Gasteiger partial charge on any atom is 0.0772 e. The first-order valence-corrected chi connectivity index (χ1v) is 30.0. The van der Waals surface area contributed by atoms with E-state index in [9.17, 15) is 0 Å². The number of para-hydroxylation sites is 2. The highest BCUT2D eigenvalue weighted by Gasteiger charge is 2.49. The van der Waals surface area contributed by atoms with Crippen molar-refractivity contribution >= 4 is 129 Å². The molecule has 2 aliphatic rings. The molecule has 6 nitrogen and oxygen atoms in total. The molecule has 2 aliphatic heterocycles. The first kappa shape index (κ1) is 47.3. The van der Waals surface area contributed by atoms with E-state index in [0.717, 1.165) is 72.7 Å². The summed E-state index contributed by atoms with van der Waals surface area (Å²) in [6.07, 6.45) is 15.7. The van der Waals surface area contributed by atoms with Crippen molar-refractivity contribution in [2.75, 3.05) is 9.80 Å². The van der Waals surface area contributed by atoms with Crippen LogP contribution in [0.5, 0.6) is 0 Å². The van der Waals surface area contributed by atoms with Crippen molar-refractivity contribution < 1.29 is 0 Å². The smallest absolute Gasteiger partial charge is 0.0772 e. The van der Waals surface area contributed by atoms with E-state index in [0.29, 0.717) is 0 Å². The highest BCUT2D eigenvalue weighted by Crippen LogP contribution is 2.63. The number of anilines is 6. The van der Waals surface area contributed by atoms with Gasteiger partial charge >= 0.3 is 0 Å². The van der Waals surface area contributed by atoms with Gasteiger partial charge in [0.25, 0.3) is 0 Å². The van der Waals surface area contributed by atoms with Crippen molar-refractivity contribution in [3.63, 3.8) is 0 Å². The van der Waals surface area contributed by atoms with Crippen LogP contribution in [-0.4, -0.2) is 19.9 Å². The minimum Gasteiger partial charge on any atom is -0.309 e. The number of hydrogen-bond acceptors (Lipinski definition) is 8. The van der Waals surface area contributed by atoms with Crippen LogP contribution >= 0.6 is 22.7 Å². The van der Waals surface area contributed by atoms with Gasteiger partial charge in [-0.05, 0) is 157 Å². The van der Waals surface area contributed by atoms with Crippen LogP contribution < -0.4 is 9.80 Å². The molecule has 0 saturated carbocycles. The van der Waals surface area contributed by atoms with E-state index in [1.807, 2.05) is 53.7 Å². The van der Waals surface area contributed by atoms with Crippen molar-refractivity contribution in [1.82, 2.24) is 19.9 Å². The van der Waals surface area contributed by atoms with Crippen molar-refractivity contribution in [2.24, 2.45) is 0 Å². The predicted molar refractivity (Wildman–Crippen MR) is 349 cm³/mol. The molecule has 0 amide bonds. The van der Waals surface area contributed by atoms with Crippen LogP contribution in [0.15, 0.2) is 280 Å². The van der Waals surface area contributed by atoms with Gasteiger partial charge in [0, 0.05) is 101 Å². The molecule has 16 aromatic rings. The Morgan fingerprint density at radius 1 is 0.238 bits per heavy atom. The Morgan fingerprint density at radius 2 is 0.631 bits per heavy atom. The molecular weight excluding hydrogens is 1060 g/mol. The molecule has 0 fully saturated rings. The SMILES string of the molecule is c1cncc(C2(c3ccncc3)c3ccccc3N(c3cc4c5ccccc5c(N5c6ccccc6C(c6cccnc6)(c6cccnc6)c6cc7c(cc65)sc5ccccc57)cc4c4ccccc34)c3cc4sc5ccccc5c4cc32)c1. The zero-order valence-electron chi connectivity index (χ0n) is 45.1. The number of aromatic nitrogens is 4. The Balaban J connectivity index is 0.941. The summed E-state index contributed by atoms with van der Waals surface area (Å²) in [5, 5.41) is 12.0. The summed E-state index contributed by atoms with van der Waals surface area (Å²) in [7, 11) is 0. The van der Waals surface area contributed by atoms with Gasteiger partial charge in [-0.1, -0.05) is 140 Å². The second-order valence-corrected chi connectivity index (χ2v) is 24.2. The molecule has 0 saturated heterocycles. The van der Waals surface area contributed by atoms with Crippen molar-refractivity contribution in [2.45, 2.75) is 10.8 Å². The quantitative estimate of drug-likeness (QED) is 0.155. The molecule has 392 valence electrons. The molecule has 18 rings (SSSR count). The first-order valence-electron chi connectivity index (χ1n) is 28.4. The second-order valence-electron chi connectivity index (χ2n) is 22.1. The second kappa shape index (κ2) is 18.1. The van der Waals surface area contributed by atoms with E-state index in [2.05, 4.69) is 264 Å². The van der Waals surface area contributed by atoms with Crippen molar-refractivity contribution in [1.29, 1.82) is 0 Å². The summed E-state index contributed by atoms with van der Waals surface area (Å²) in [6.45, 7) is 0. The van der Waals surface area contributed by atoms with E-state index in [1.54, 1.807) is 0 Å². The zero-order valence-corrected chi connectivity index (χ0v) is 46.7. The molecule has 0 bridgehead atoms. The third-order valence-electron chi connectivity index (χ3n) is 18.1. The molecule has 1 atom stereocenters. The molecule has 0 radical (unpaired) electrons. The molecule has 1 unspecified atom stereocenters. The number of rotatable bonds is 6. The highest BCUT2D eigenvalue weighted by molar-refractivity contribution is 7.26. The van der Waals surface area contributed by atoms with Gasteiger partial charge in [-0.3, -0.25) is 19.9 Å². The van der Waals surface area contributed by atoms with Crippen molar-refractivity contribution in [3.05, 3.63) is 325 Å². The van der Waals surface area contributed by atoms with Crippen LogP contribution in [0.3, 0.4) is 0 Å². The largest absolute Gasteiger partial charge is 0.309 e. The molecule has 8 heterocycles. The number of thiophene rings is 2. The Hall–Kier alpha value is -10.4. The van der Waals surface area contributed by atoms with Crippen LogP contribution in [0, 0.1) is 0 Å². The maximum absolute atomic E-state index is 4.85. The maximum atomic E-state index is 4.85. The third kappa shape index (κ3) is 6.43. The fraction of sp³-hybridized carbons (Fsp3) is 0.0263. The number of pyridine rings is 4. The van der Waals surface area contributed by atoms with E-state index in [-0.39, 0.29) is 0 Å². The number of benzene rings is 10. The first-order chi connectivity index (χ1) is 41.7.